The van der Waals surface area contributed by atoms with Crippen LogP contribution in [0, 0.1) is 0 Å². The predicted molar refractivity (Wildman–Crippen MR) is 140 cm³/mol. The van der Waals surface area contributed by atoms with Crippen LogP contribution in [0.4, 0.5) is 11.4 Å². The zero-order valence-electron chi connectivity index (χ0n) is 18.9. The van der Waals surface area contributed by atoms with Gasteiger partial charge in [-0.25, -0.2) is 8.42 Å². The maximum atomic E-state index is 13.0. The largest absolute Gasteiger partial charge is 0.455 e. The highest BCUT2D eigenvalue weighted by Crippen LogP contribution is 2.32. The summed E-state index contributed by atoms with van der Waals surface area (Å²) in [7, 11) is -3.54. The molecule has 4 aromatic rings. The highest BCUT2D eigenvalue weighted by atomic mass is 35.5. The van der Waals surface area contributed by atoms with Crippen LogP contribution in [0.3, 0.4) is 0 Å². The maximum absolute atomic E-state index is 13.0. The number of sulfonamides is 1. The molecule has 0 spiro atoms. The molecule has 0 aliphatic heterocycles. The minimum atomic E-state index is -3.54. The number of carbonyl (C=O) groups is 1. The lowest BCUT2D eigenvalue weighted by molar-refractivity contribution is 0.102. The number of hydrogen-bond acceptors (Lipinski definition) is 4. The topological polar surface area (TPSA) is 75.7 Å². The third kappa shape index (κ3) is 6.41. The Bertz CT molecular complexity index is 1410. The zero-order chi connectivity index (χ0) is 24.8. The van der Waals surface area contributed by atoms with E-state index in [0.29, 0.717) is 33.5 Å². The molecule has 0 bridgehead atoms. The minimum absolute atomic E-state index is 0.188. The number of hydrogen-bond donors (Lipinski definition) is 1. The molecule has 0 unspecified atom stereocenters. The van der Waals surface area contributed by atoms with Crippen molar-refractivity contribution in [2.24, 2.45) is 0 Å². The molecule has 178 valence electrons. The van der Waals surface area contributed by atoms with Crippen molar-refractivity contribution in [3.8, 4) is 11.5 Å². The van der Waals surface area contributed by atoms with Crippen LogP contribution in [0.15, 0.2) is 103 Å². The second kappa shape index (κ2) is 10.6. The number of ether oxygens (including phenoxy) is 1. The van der Waals surface area contributed by atoms with Crippen molar-refractivity contribution < 1.29 is 17.9 Å². The Morgan fingerprint density at radius 2 is 1.51 bits per heavy atom. The van der Waals surface area contributed by atoms with Gasteiger partial charge in [0.15, 0.2) is 5.75 Å². The van der Waals surface area contributed by atoms with Gasteiger partial charge in [-0.1, -0.05) is 60.1 Å². The average Bonchev–Trinajstić information content (AvgIpc) is 2.85. The van der Waals surface area contributed by atoms with E-state index in [1.54, 1.807) is 42.5 Å². The van der Waals surface area contributed by atoms with Gasteiger partial charge in [0.2, 0.25) is 10.0 Å². The van der Waals surface area contributed by atoms with Gasteiger partial charge in [-0.3, -0.25) is 9.10 Å². The van der Waals surface area contributed by atoms with Crippen LogP contribution < -0.4 is 14.4 Å². The number of benzene rings is 4. The lowest BCUT2D eigenvalue weighted by Crippen LogP contribution is -2.29. The van der Waals surface area contributed by atoms with Gasteiger partial charge in [-0.15, -0.1) is 0 Å². The Morgan fingerprint density at radius 1 is 0.886 bits per heavy atom. The number of nitrogens with zero attached hydrogens (tertiary/aromatic N) is 1. The normalized spacial score (nSPS) is 11.0. The fraction of sp³-hybridized carbons (Fsp3) is 0.0741. The molecule has 35 heavy (non-hydrogen) atoms. The summed E-state index contributed by atoms with van der Waals surface area (Å²) in [5, 5.41) is 3.27. The number of carbonyl (C=O) groups excluding carboxylic acids is 1. The summed E-state index contributed by atoms with van der Waals surface area (Å²) >= 11 is 6.14. The lowest BCUT2D eigenvalue weighted by atomic mass is 10.1. The van der Waals surface area contributed by atoms with E-state index < -0.39 is 10.0 Å². The minimum Gasteiger partial charge on any atom is -0.455 e. The van der Waals surface area contributed by atoms with Crippen molar-refractivity contribution in [1.82, 2.24) is 0 Å². The molecule has 0 aromatic heterocycles. The van der Waals surface area contributed by atoms with E-state index in [0.717, 1.165) is 11.8 Å². The van der Waals surface area contributed by atoms with Gasteiger partial charge in [0, 0.05) is 10.6 Å². The molecular formula is C27H23ClN2O4S. The third-order valence-corrected chi connectivity index (χ3v) is 6.52. The number of halogens is 1. The van der Waals surface area contributed by atoms with Crippen LogP contribution >= 0.6 is 11.6 Å². The molecule has 4 aromatic carbocycles. The smallest absolute Gasteiger partial charge is 0.255 e. The van der Waals surface area contributed by atoms with Gasteiger partial charge in [-0.2, -0.15) is 0 Å². The first-order chi connectivity index (χ1) is 16.8. The molecule has 1 N–H and O–H groups in total. The Kier molecular flexibility index (Phi) is 7.39. The van der Waals surface area contributed by atoms with Crippen molar-refractivity contribution in [3.05, 3.63) is 119 Å². The molecular weight excluding hydrogens is 484 g/mol. The average molecular weight is 507 g/mol. The first-order valence-electron chi connectivity index (χ1n) is 10.7. The van der Waals surface area contributed by atoms with E-state index in [9.17, 15) is 13.2 Å². The second-order valence-corrected chi connectivity index (χ2v) is 10.2. The molecule has 0 aliphatic rings. The first-order valence-corrected chi connectivity index (χ1v) is 13.0. The Labute approximate surface area is 209 Å². The highest BCUT2D eigenvalue weighted by molar-refractivity contribution is 7.92. The predicted octanol–water partition coefficient (Wildman–Crippen LogP) is 6.35. The van der Waals surface area contributed by atoms with Crippen molar-refractivity contribution in [2.45, 2.75) is 6.54 Å². The first kappa shape index (κ1) is 24.3. The van der Waals surface area contributed by atoms with E-state index in [1.807, 2.05) is 60.7 Å². The fourth-order valence-corrected chi connectivity index (χ4v) is 4.49. The van der Waals surface area contributed by atoms with Crippen molar-refractivity contribution in [1.29, 1.82) is 0 Å². The second-order valence-electron chi connectivity index (χ2n) is 7.81. The van der Waals surface area contributed by atoms with E-state index >= 15 is 0 Å². The molecule has 0 heterocycles. The van der Waals surface area contributed by atoms with Crippen LogP contribution in [-0.4, -0.2) is 20.6 Å². The zero-order valence-corrected chi connectivity index (χ0v) is 20.5. The number of rotatable bonds is 8. The van der Waals surface area contributed by atoms with Gasteiger partial charge in [-0.05, 0) is 60.2 Å². The molecule has 0 saturated heterocycles. The lowest BCUT2D eigenvalue weighted by Gasteiger charge is -2.22. The Morgan fingerprint density at radius 3 is 2.14 bits per heavy atom. The van der Waals surface area contributed by atoms with E-state index in [1.165, 1.54) is 4.31 Å². The maximum Gasteiger partial charge on any atom is 0.255 e. The fourth-order valence-electron chi connectivity index (χ4n) is 3.43. The van der Waals surface area contributed by atoms with Crippen LogP contribution in [0.25, 0.3) is 0 Å². The summed E-state index contributed by atoms with van der Waals surface area (Å²) in [5.41, 5.74) is 2.08. The number of para-hydroxylation sites is 1. The molecule has 6 nitrogen and oxygen atoms in total. The summed E-state index contributed by atoms with van der Waals surface area (Å²) < 4.78 is 32.1. The van der Waals surface area contributed by atoms with Crippen LogP contribution in [0.2, 0.25) is 5.02 Å². The third-order valence-electron chi connectivity index (χ3n) is 5.15. The molecule has 0 fully saturated rings. The van der Waals surface area contributed by atoms with Gasteiger partial charge >= 0.3 is 0 Å². The van der Waals surface area contributed by atoms with Crippen LogP contribution in [-0.2, 0) is 16.6 Å². The Balaban J connectivity index is 1.54. The molecule has 1 amide bonds. The molecule has 4 rings (SSSR count). The quantitative estimate of drug-likeness (QED) is 0.302. The highest BCUT2D eigenvalue weighted by Gasteiger charge is 2.19. The van der Waals surface area contributed by atoms with Gasteiger partial charge in [0.25, 0.3) is 5.91 Å². The number of anilines is 2. The summed E-state index contributed by atoms with van der Waals surface area (Å²) in [6.45, 7) is 0.188. The van der Waals surface area contributed by atoms with E-state index in [4.69, 9.17) is 16.3 Å². The Hall–Kier alpha value is -3.81. The van der Waals surface area contributed by atoms with Crippen LogP contribution in [0.1, 0.15) is 15.9 Å². The standard InChI is InChI=1S/C27H23ClN2O4S/c1-35(32,33)30(19-20-8-4-2-5-9-20)23-15-12-21(13-16-23)27(31)29-25-18-22(28)14-17-26(25)34-24-10-6-3-7-11-24/h2-18H,19H2,1H3,(H,29,31). The monoisotopic (exact) mass is 506 g/mol. The van der Waals surface area contributed by atoms with E-state index in [2.05, 4.69) is 5.32 Å². The number of nitrogens with one attached hydrogen (secondary N) is 1. The van der Waals surface area contributed by atoms with Gasteiger partial charge in [0.1, 0.15) is 5.75 Å². The summed E-state index contributed by atoms with van der Waals surface area (Å²) in [5.74, 6) is 0.677. The molecule has 0 saturated carbocycles. The molecule has 0 atom stereocenters. The van der Waals surface area contributed by atoms with Crippen molar-refractivity contribution in [3.63, 3.8) is 0 Å². The molecule has 8 heteroatoms. The van der Waals surface area contributed by atoms with Crippen LogP contribution in [0.5, 0.6) is 11.5 Å². The van der Waals surface area contributed by atoms with Crippen molar-refractivity contribution >= 4 is 38.9 Å². The summed E-state index contributed by atoms with van der Waals surface area (Å²) in [4.78, 5) is 13.0. The molecule has 0 aliphatic carbocycles. The van der Waals surface area contributed by atoms with Crippen molar-refractivity contribution in [2.75, 3.05) is 15.9 Å². The SMILES string of the molecule is CS(=O)(=O)N(Cc1ccccc1)c1ccc(C(=O)Nc2cc(Cl)ccc2Oc2ccccc2)cc1. The summed E-state index contributed by atoms with van der Waals surface area (Å²) in [6, 6.07) is 29.8. The molecule has 0 radical (unpaired) electrons. The van der Waals surface area contributed by atoms with Gasteiger partial charge in [0.05, 0.1) is 24.2 Å². The summed E-state index contributed by atoms with van der Waals surface area (Å²) in [6.07, 6.45) is 1.16. The van der Waals surface area contributed by atoms with E-state index in [-0.39, 0.29) is 12.5 Å². The number of amides is 1. The van der Waals surface area contributed by atoms with Gasteiger partial charge < -0.3 is 10.1 Å².